The predicted molar refractivity (Wildman–Crippen MR) is 92.4 cm³/mol. The first-order chi connectivity index (χ1) is 12.1. The maximum atomic E-state index is 12.4. The zero-order valence-corrected chi connectivity index (χ0v) is 14.9. The smallest absolute Gasteiger partial charge is 0.317 e. The highest BCUT2D eigenvalue weighted by atomic mass is 16.5. The summed E-state index contributed by atoms with van der Waals surface area (Å²) in [6.45, 7) is 2.83. The number of carbonyl (C=O) groups is 1. The van der Waals surface area contributed by atoms with E-state index in [0.717, 1.165) is 24.2 Å². The Bertz CT molecular complexity index is 739. The highest BCUT2D eigenvalue weighted by Gasteiger charge is 2.46. The van der Waals surface area contributed by atoms with Crippen LogP contribution in [0, 0.1) is 0 Å². The second-order valence-electron chi connectivity index (χ2n) is 6.45. The van der Waals surface area contributed by atoms with E-state index >= 15 is 0 Å². The van der Waals surface area contributed by atoms with Gasteiger partial charge in [0.1, 0.15) is 12.3 Å². The fraction of sp³-hybridized carbons (Fsp3) is 0.500. The van der Waals surface area contributed by atoms with Crippen molar-refractivity contribution in [1.29, 1.82) is 0 Å². The number of nitrogens with one attached hydrogen (secondary N) is 1. The molecule has 7 heteroatoms. The van der Waals surface area contributed by atoms with E-state index in [1.165, 1.54) is 0 Å². The monoisotopic (exact) mass is 344 g/mol. The summed E-state index contributed by atoms with van der Waals surface area (Å²) in [5.41, 5.74) is 1.13. The summed E-state index contributed by atoms with van der Waals surface area (Å²) in [6, 6.07) is 7.85. The molecule has 1 aliphatic rings. The second-order valence-corrected chi connectivity index (χ2v) is 6.45. The van der Waals surface area contributed by atoms with Crippen molar-refractivity contribution < 1.29 is 14.1 Å². The minimum absolute atomic E-state index is 0.0248. The molecular formula is C18H24N4O3. The molecule has 0 bridgehead atoms. The molecule has 134 valence electrons. The van der Waals surface area contributed by atoms with Gasteiger partial charge in [0.05, 0.1) is 7.11 Å². The Balaban J connectivity index is 1.58. The fourth-order valence-corrected chi connectivity index (χ4v) is 2.93. The van der Waals surface area contributed by atoms with Crippen molar-refractivity contribution >= 4 is 6.03 Å². The van der Waals surface area contributed by atoms with Crippen LogP contribution in [0.4, 0.5) is 4.79 Å². The van der Waals surface area contributed by atoms with E-state index in [-0.39, 0.29) is 11.4 Å². The zero-order chi connectivity index (χ0) is 17.9. The number of para-hydroxylation sites is 1. The van der Waals surface area contributed by atoms with E-state index in [0.29, 0.717) is 31.2 Å². The fourth-order valence-electron chi connectivity index (χ4n) is 2.93. The summed E-state index contributed by atoms with van der Waals surface area (Å²) in [6.07, 6.45) is 2.79. The molecule has 1 aromatic heterocycles. The van der Waals surface area contributed by atoms with Crippen LogP contribution in [0.2, 0.25) is 0 Å². The van der Waals surface area contributed by atoms with Gasteiger partial charge in [-0.3, -0.25) is 0 Å². The molecule has 1 N–H and O–H groups in total. The van der Waals surface area contributed by atoms with Crippen molar-refractivity contribution in [2.45, 2.75) is 38.1 Å². The van der Waals surface area contributed by atoms with Gasteiger partial charge in [-0.15, -0.1) is 0 Å². The van der Waals surface area contributed by atoms with E-state index < -0.39 is 0 Å². The molecule has 3 rings (SSSR count). The van der Waals surface area contributed by atoms with Crippen LogP contribution >= 0.6 is 0 Å². The molecule has 2 aromatic rings. The Kier molecular flexibility index (Phi) is 4.92. The third kappa shape index (κ3) is 3.75. The summed E-state index contributed by atoms with van der Waals surface area (Å²) < 4.78 is 10.6. The van der Waals surface area contributed by atoms with Crippen molar-refractivity contribution in [1.82, 2.24) is 20.4 Å². The molecular weight excluding hydrogens is 320 g/mol. The number of carbonyl (C=O) groups excluding carboxylic acids is 1. The first-order valence-corrected chi connectivity index (χ1v) is 8.52. The van der Waals surface area contributed by atoms with Gasteiger partial charge in [-0.1, -0.05) is 30.3 Å². The van der Waals surface area contributed by atoms with Gasteiger partial charge in [0.2, 0.25) is 5.89 Å². The topological polar surface area (TPSA) is 80.5 Å². The Labute approximate surface area is 147 Å². The zero-order valence-electron chi connectivity index (χ0n) is 14.9. The minimum atomic E-state index is -0.155. The lowest BCUT2D eigenvalue weighted by atomic mass is 9.95. The molecule has 25 heavy (non-hydrogen) atoms. The van der Waals surface area contributed by atoms with Gasteiger partial charge in [0, 0.05) is 31.0 Å². The third-order valence-electron chi connectivity index (χ3n) is 4.66. The number of rotatable bonds is 7. The standard InChI is InChI=1S/C18H24N4O3/c1-4-15-20-16(25-21-15)11-22(2)17(23)19-12-18(9-10-18)13-7-5-6-8-14(13)24-3/h5-8H,4,9-12H2,1-3H3,(H,19,23). The first-order valence-electron chi connectivity index (χ1n) is 8.52. The molecule has 0 radical (unpaired) electrons. The highest BCUT2D eigenvalue weighted by molar-refractivity contribution is 5.74. The molecule has 7 nitrogen and oxygen atoms in total. The Morgan fingerprint density at radius 1 is 1.40 bits per heavy atom. The lowest BCUT2D eigenvalue weighted by Crippen LogP contribution is -2.40. The average Bonchev–Trinajstić information content (AvgIpc) is 3.30. The van der Waals surface area contributed by atoms with Gasteiger partial charge in [-0.25, -0.2) is 4.79 Å². The summed E-state index contributed by atoms with van der Waals surface area (Å²) in [7, 11) is 3.39. The molecule has 0 unspecified atom stereocenters. The molecule has 0 atom stereocenters. The lowest BCUT2D eigenvalue weighted by Gasteiger charge is -2.22. The molecule has 1 heterocycles. The number of methoxy groups -OCH3 is 1. The summed E-state index contributed by atoms with van der Waals surface area (Å²) in [4.78, 5) is 18.2. The van der Waals surface area contributed by atoms with E-state index in [4.69, 9.17) is 9.26 Å². The number of hydrogen-bond acceptors (Lipinski definition) is 5. The number of amides is 2. The summed E-state index contributed by atoms with van der Waals surface area (Å²) in [5.74, 6) is 1.97. The summed E-state index contributed by atoms with van der Waals surface area (Å²) in [5, 5.41) is 6.86. The number of ether oxygens (including phenoxy) is 1. The number of urea groups is 1. The maximum Gasteiger partial charge on any atom is 0.317 e. The molecule has 1 aliphatic carbocycles. The SMILES string of the molecule is CCc1noc(CN(C)C(=O)NCC2(c3ccccc3OC)CC2)n1. The van der Waals surface area contributed by atoms with Crippen LogP contribution in [-0.2, 0) is 18.4 Å². The highest BCUT2D eigenvalue weighted by Crippen LogP contribution is 2.50. The Hall–Kier alpha value is -2.57. The molecule has 1 fully saturated rings. The van der Waals surface area contributed by atoms with Crippen molar-refractivity contribution in [3.63, 3.8) is 0 Å². The van der Waals surface area contributed by atoms with Gasteiger partial charge >= 0.3 is 6.03 Å². The lowest BCUT2D eigenvalue weighted by molar-refractivity contribution is 0.198. The third-order valence-corrected chi connectivity index (χ3v) is 4.66. The molecule has 2 amide bonds. The Morgan fingerprint density at radius 2 is 2.16 bits per heavy atom. The second kappa shape index (κ2) is 7.13. The predicted octanol–water partition coefficient (Wildman–Crippen LogP) is 2.51. The number of aryl methyl sites for hydroxylation is 1. The minimum Gasteiger partial charge on any atom is -0.496 e. The van der Waals surface area contributed by atoms with Gasteiger partial charge in [0.25, 0.3) is 0 Å². The number of hydrogen-bond donors (Lipinski definition) is 1. The average molecular weight is 344 g/mol. The van der Waals surface area contributed by atoms with Crippen LogP contribution in [0.5, 0.6) is 5.75 Å². The van der Waals surface area contributed by atoms with Crippen LogP contribution in [0.3, 0.4) is 0 Å². The van der Waals surface area contributed by atoms with Gasteiger partial charge in [0.15, 0.2) is 5.82 Å². The first kappa shape index (κ1) is 17.3. The van der Waals surface area contributed by atoms with Gasteiger partial charge < -0.3 is 19.5 Å². The van der Waals surface area contributed by atoms with Crippen LogP contribution < -0.4 is 10.1 Å². The molecule has 1 aromatic carbocycles. The van der Waals surface area contributed by atoms with Crippen molar-refractivity contribution in [3.05, 3.63) is 41.5 Å². The molecule has 0 aliphatic heterocycles. The van der Waals surface area contributed by atoms with Gasteiger partial charge in [-0.05, 0) is 18.9 Å². The van der Waals surface area contributed by atoms with E-state index in [1.54, 1.807) is 19.1 Å². The number of benzene rings is 1. The van der Waals surface area contributed by atoms with Crippen molar-refractivity contribution in [2.75, 3.05) is 20.7 Å². The summed E-state index contributed by atoms with van der Waals surface area (Å²) >= 11 is 0. The molecule has 0 spiro atoms. The normalized spacial score (nSPS) is 14.8. The van der Waals surface area contributed by atoms with E-state index in [9.17, 15) is 4.79 Å². The van der Waals surface area contributed by atoms with E-state index in [2.05, 4.69) is 21.5 Å². The van der Waals surface area contributed by atoms with Crippen molar-refractivity contribution in [3.8, 4) is 5.75 Å². The molecule has 1 saturated carbocycles. The Morgan fingerprint density at radius 3 is 2.80 bits per heavy atom. The largest absolute Gasteiger partial charge is 0.496 e. The quantitative estimate of drug-likeness (QED) is 0.835. The van der Waals surface area contributed by atoms with E-state index in [1.807, 2.05) is 25.1 Å². The van der Waals surface area contributed by atoms with Crippen LogP contribution in [0.15, 0.2) is 28.8 Å². The van der Waals surface area contributed by atoms with Gasteiger partial charge in [-0.2, -0.15) is 4.98 Å². The van der Waals surface area contributed by atoms with Crippen LogP contribution in [-0.4, -0.2) is 41.8 Å². The maximum absolute atomic E-state index is 12.4. The van der Waals surface area contributed by atoms with Crippen LogP contribution in [0.1, 0.15) is 37.0 Å². The molecule has 0 saturated heterocycles. The number of aromatic nitrogens is 2. The van der Waals surface area contributed by atoms with Crippen molar-refractivity contribution in [2.24, 2.45) is 0 Å². The van der Waals surface area contributed by atoms with Crippen LogP contribution in [0.25, 0.3) is 0 Å². The number of nitrogens with zero attached hydrogens (tertiary/aromatic N) is 3.